The van der Waals surface area contributed by atoms with Gasteiger partial charge in [-0.2, -0.15) is 0 Å². The maximum absolute atomic E-state index is 5.60. The molecule has 2 rings (SSSR count). The molecule has 0 aliphatic heterocycles. The van der Waals surface area contributed by atoms with E-state index in [1.807, 2.05) is 36.4 Å². The number of benzene rings is 2. The lowest BCUT2D eigenvalue weighted by Crippen LogP contribution is -2.07. The number of nitrogens with one attached hydrogen (secondary N) is 1. The van der Waals surface area contributed by atoms with Crippen LogP contribution in [0.15, 0.2) is 48.5 Å². The summed E-state index contributed by atoms with van der Waals surface area (Å²) in [6, 6.07) is 16.4. The molecule has 0 saturated heterocycles. The first-order chi connectivity index (χ1) is 10.2. The Labute approximate surface area is 126 Å². The van der Waals surface area contributed by atoms with Gasteiger partial charge in [0.25, 0.3) is 0 Å². The van der Waals surface area contributed by atoms with Crippen molar-refractivity contribution in [3.63, 3.8) is 0 Å². The second-order valence-electron chi connectivity index (χ2n) is 4.98. The minimum atomic E-state index is 0.196. The molecule has 0 aliphatic rings. The molecule has 0 amide bonds. The summed E-state index contributed by atoms with van der Waals surface area (Å²) in [6.45, 7) is 5.00. The molecule has 1 N–H and O–H groups in total. The fraction of sp³-hybridized carbons (Fsp3) is 0.333. The Hall–Kier alpha value is -2.16. The van der Waals surface area contributed by atoms with Crippen LogP contribution in [0.4, 0.5) is 5.69 Å². The molecule has 1 unspecified atom stereocenters. The molecular formula is C18H23NO2. The first-order valence-electron chi connectivity index (χ1n) is 7.37. The summed E-state index contributed by atoms with van der Waals surface area (Å²) in [5.41, 5.74) is 2.21. The molecule has 0 saturated carbocycles. The molecule has 0 fully saturated rings. The molecule has 0 aromatic heterocycles. The van der Waals surface area contributed by atoms with E-state index in [1.54, 1.807) is 7.11 Å². The van der Waals surface area contributed by atoms with Crippen LogP contribution in [0, 0.1) is 0 Å². The van der Waals surface area contributed by atoms with Crippen molar-refractivity contribution in [1.29, 1.82) is 0 Å². The van der Waals surface area contributed by atoms with Crippen LogP contribution in [-0.2, 0) is 0 Å². The zero-order valence-corrected chi connectivity index (χ0v) is 12.9. The van der Waals surface area contributed by atoms with Gasteiger partial charge in [-0.1, -0.05) is 31.2 Å². The quantitative estimate of drug-likeness (QED) is 0.802. The fourth-order valence-corrected chi connectivity index (χ4v) is 2.15. The van der Waals surface area contributed by atoms with Crippen molar-refractivity contribution in [1.82, 2.24) is 0 Å². The maximum atomic E-state index is 5.60. The van der Waals surface area contributed by atoms with Crippen molar-refractivity contribution in [2.45, 2.75) is 26.3 Å². The van der Waals surface area contributed by atoms with Gasteiger partial charge in [-0.15, -0.1) is 0 Å². The van der Waals surface area contributed by atoms with E-state index in [0.29, 0.717) is 0 Å². The van der Waals surface area contributed by atoms with E-state index in [4.69, 9.17) is 9.47 Å². The summed E-state index contributed by atoms with van der Waals surface area (Å²) in [7, 11) is 1.69. The van der Waals surface area contributed by atoms with Gasteiger partial charge in [0.05, 0.1) is 19.4 Å². The lowest BCUT2D eigenvalue weighted by molar-refractivity contribution is 0.317. The summed E-state index contributed by atoms with van der Waals surface area (Å²) >= 11 is 0. The van der Waals surface area contributed by atoms with Gasteiger partial charge in [0.1, 0.15) is 11.5 Å². The Morgan fingerprint density at radius 1 is 1.05 bits per heavy atom. The van der Waals surface area contributed by atoms with Gasteiger partial charge in [0.2, 0.25) is 0 Å². The number of methoxy groups -OCH3 is 1. The minimum absolute atomic E-state index is 0.196. The van der Waals surface area contributed by atoms with Crippen LogP contribution in [0.25, 0.3) is 0 Å². The van der Waals surface area contributed by atoms with Crippen LogP contribution in [0.2, 0.25) is 0 Å². The van der Waals surface area contributed by atoms with E-state index >= 15 is 0 Å². The van der Waals surface area contributed by atoms with E-state index in [2.05, 4.69) is 31.3 Å². The highest BCUT2D eigenvalue weighted by Crippen LogP contribution is 2.28. The molecule has 21 heavy (non-hydrogen) atoms. The first kappa shape index (κ1) is 15.2. The van der Waals surface area contributed by atoms with Crippen LogP contribution < -0.4 is 14.8 Å². The number of hydrogen-bond acceptors (Lipinski definition) is 3. The number of ether oxygens (including phenoxy) is 2. The van der Waals surface area contributed by atoms with Gasteiger partial charge in [-0.25, -0.2) is 0 Å². The SMILES string of the molecule is CCCOc1ccc(C(C)Nc2ccccc2OC)cc1. The Kier molecular flexibility index (Phi) is 5.50. The predicted octanol–water partition coefficient (Wildman–Crippen LogP) is 4.66. The molecule has 2 aromatic carbocycles. The van der Waals surface area contributed by atoms with Crippen molar-refractivity contribution < 1.29 is 9.47 Å². The third-order valence-electron chi connectivity index (χ3n) is 3.33. The van der Waals surface area contributed by atoms with Crippen LogP contribution >= 0.6 is 0 Å². The molecule has 0 heterocycles. The molecule has 1 atom stereocenters. The third-order valence-corrected chi connectivity index (χ3v) is 3.33. The van der Waals surface area contributed by atoms with Gasteiger partial charge < -0.3 is 14.8 Å². The predicted molar refractivity (Wildman–Crippen MR) is 87.3 cm³/mol. The van der Waals surface area contributed by atoms with E-state index in [9.17, 15) is 0 Å². The topological polar surface area (TPSA) is 30.5 Å². The Morgan fingerprint density at radius 3 is 2.43 bits per heavy atom. The second kappa shape index (κ2) is 7.58. The van der Waals surface area contributed by atoms with Crippen molar-refractivity contribution in [3.8, 4) is 11.5 Å². The van der Waals surface area contributed by atoms with Gasteiger partial charge in [-0.3, -0.25) is 0 Å². The summed E-state index contributed by atoms with van der Waals surface area (Å²) in [5, 5.41) is 3.47. The standard InChI is InChI=1S/C18H23NO2/c1-4-13-21-16-11-9-15(10-12-16)14(2)19-17-7-5-6-8-18(17)20-3/h5-12,14,19H,4,13H2,1-3H3. The van der Waals surface area contributed by atoms with Crippen LogP contribution in [0.5, 0.6) is 11.5 Å². The minimum Gasteiger partial charge on any atom is -0.495 e. The smallest absolute Gasteiger partial charge is 0.141 e. The highest BCUT2D eigenvalue weighted by atomic mass is 16.5. The van der Waals surface area contributed by atoms with E-state index in [1.165, 1.54) is 5.56 Å². The fourth-order valence-electron chi connectivity index (χ4n) is 2.15. The molecule has 0 radical (unpaired) electrons. The molecule has 3 heteroatoms. The normalized spacial score (nSPS) is 11.8. The highest BCUT2D eigenvalue weighted by Gasteiger charge is 2.08. The molecular weight excluding hydrogens is 262 g/mol. The summed E-state index contributed by atoms with van der Waals surface area (Å²) < 4.78 is 11.0. The lowest BCUT2D eigenvalue weighted by Gasteiger charge is -2.18. The van der Waals surface area contributed by atoms with Crippen molar-refractivity contribution in [2.75, 3.05) is 19.0 Å². The number of rotatable bonds is 7. The lowest BCUT2D eigenvalue weighted by atomic mass is 10.1. The first-order valence-corrected chi connectivity index (χ1v) is 7.37. The molecule has 0 spiro atoms. The van der Waals surface area contributed by atoms with Crippen molar-refractivity contribution >= 4 is 5.69 Å². The highest BCUT2D eigenvalue weighted by molar-refractivity contribution is 5.57. The Morgan fingerprint density at radius 2 is 1.76 bits per heavy atom. The average Bonchev–Trinajstić information content (AvgIpc) is 2.54. The summed E-state index contributed by atoms with van der Waals surface area (Å²) in [6.07, 6.45) is 1.02. The largest absolute Gasteiger partial charge is 0.495 e. The summed E-state index contributed by atoms with van der Waals surface area (Å²) in [4.78, 5) is 0. The van der Waals surface area contributed by atoms with E-state index in [0.717, 1.165) is 30.2 Å². The average molecular weight is 285 g/mol. The number of para-hydroxylation sites is 2. The van der Waals surface area contributed by atoms with Crippen LogP contribution in [0.1, 0.15) is 31.9 Å². The second-order valence-corrected chi connectivity index (χ2v) is 4.98. The van der Waals surface area contributed by atoms with Crippen molar-refractivity contribution in [2.24, 2.45) is 0 Å². The molecule has 0 aliphatic carbocycles. The zero-order chi connectivity index (χ0) is 15.1. The third kappa shape index (κ3) is 4.15. The van der Waals surface area contributed by atoms with Crippen molar-refractivity contribution in [3.05, 3.63) is 54.1 Å². The number of anilines is 1. The summed E-state index contributed by atoms with van der Waals surface area (Å²) in [5.74, 6) is 1.78. The van der Waals surface area contributed by atoms with Gasteiger partial charge in [0.15, 0.2) is 0 Å². The molecule has 3 nitrogen and oxygen atoms in total. The Balaban J connectivity index is 2.04. The number of hydrogen-bond donors (Lipinski definition) is 1. The monoisotopic (exact) mass is 285 g/mol. The van der Waals surface area contributed by atoms with E-state index in [-0.39, 0.29) is 6.04 Å². The molecule has 2 aromatic rings. The van der Waals surface area contributed by atoms with E-state index < -0.39 is 0 Å². The van der Waals surface area contributed by atoms with Gasteiger partial charge in [0, 0.05) is 6.04 Å². The maximum Gasteiger partial charge on any atom is 0.141 e. The molecule has 0 bridgehead atoms. The van der Waals surface area contributed by atoms with Gasteiger partial charge >= 0.3 is 0 Å². The van der Waals surface area contributed by atoms with Crippen LogP contribution in [0.3, 0.4) is 0 Å². The molecule has 112 valence electrons. The zero-order valence-electron chi connectivity index (χ0n) is 12.9. The van der Waals surface area contributed by atoms with Crippen LogP contribution in [-0.4, -0.2) is 13.7 Å². The Bertz CT molecular complexity index is 551. The van der Waals surface area contributed by atoms with Gasteiger partial charge in [-0.05, 0) is 43.2 Å².